The number of fused-ring (bicyclic) bond motifs is 1. The van der Waals surface area contributed by atoms with Gasteiger partial charge in [-0.25, -0.2) is 4.79 Å². The molecule has 7 nitrogen and oxygen atoms in total. The Hall–Kier alpha value is -3.06. The SMILES string of the molecule is CN(CC(=O)Nc1ccccc1Cl)C(=O)COC(=O)COc1ccc2c(c1)CCC2. The maximum atomic E-state index is 12.1. The van der Waals surface area contributed by atoms with Gasteiger partial charge in [-0.1, -0.05) is 29.8 Å². The lowest BCUT2D eigenvalue weighted by Gasteiger charge is -2.17. The number of likely N-dealkylation sites (N-methyl/N-ethyl adjacent to an activating group) is 1. The first-order chi connectivity index (χ1) is 14.4. The molecule has 1 aliphatic carbocycles. The number of nitrogens with one attached hydrogen (secondary N) is 1. The predicted octanol–water partition coefficient (Wildman–Crippen LogP) is 2.85. The summed E-state index contributed by atoms with van der Waals surface area (Å²) in [6.07, 6.45) is 3.22. The van der Waals surface area contributed by atoms with Crippen molar-refractivity contribution in [3.8, 4) is 5.75 Å². The number of carbonyl (C=O) groups excluding carboxylic acids is 3. The molecule has 0 heterocycles. The molecule has 30 heavy (non-hydrogen) atoms. The van der Waals surface area contributed by atoms with Gasteiger partial charge >= 0.3 is 5.97 Å². The van der Waals surface area contributed by atoms with Crippen molar-refractivity contribution in [2.24, 2.45) is 0 Å². The Bertz CT molecular complexity index is 947. The molecule has 0 aliphatic heterocycles. The average Bonchev–Trinajstić information content (AvgIpc) is 3.20. The molecule has 1 aliphatic rings. The van der Waals surface area contributed by atoms with E-state index in [0.717, 1.165) is 19.3 Å². The molecule has 0 atom stereocenters. The summed E-state index contributed by atoms with van der Waals surface area (Å²) in [5, 5.41) is 3.02. The van der Waals surface area contributed by atoms with Crippen LogP contribution in [0.15, 0.2) is 42.5 Å². The van der Waals surface area contributed by atoms with Crippen molar-refractivity contribution in [2.75, 3.05) is 32.1 Å². The lowest BCUT2D eigenvalue weighted by atomic mass is 10.1. The van der Waals surface area contributed by atoms with E-state index in [-0.39, 0.29) is 13.2 Å². The van der Waals surface area contributed by atoms with Gasteiger partial charge in [0.25, 0.3) is 5.91 Å². The van der Waals surface area contributed by atoms with Crippen LogP contribution in [0.2, 0.25) is 5.02 Å². The lowest BCUT2D eigenvalue weighted by Crippen LogP contribution is -2.37. The molecule has 0 aromatic heterocycles. The first-order valence-electron chi connectivity index (χ1n) is 9.61. The summed E-state index contributed by atoms with van der Waals surface area (Å²) in [7, 11) is 1.45. The normalized spacial score (nSPS) is 12.1. The Kier molecular flexibility index (Phi) is 7.30. The molecule has 0 saturated carbocycles. The van der Waals surface area contributed by atoms with E-state index in [9.17, 15) is 14.4 Å². The third-order valence-corrected chi connectivity index (χ3v) is 5.07. The van der Waals surface area contributed by atoms with Crippen LogP contribution >= 0.6 is 11.6 Å². The fourth-order valence-corrected chi connectivity index (χ4v) is 3.31. The van der Waals surface area contributed by atoms with Gasteiger partial charge in [0.15, 0.2) is 13.2 Å². The third kappa shape index (κ3) is 5.97. The molecular formula is C22H23ClN2O5. The number of amides is 2. The number of nitrogens with zero attached hydrogens (tertiary/aromatic N) is 1. The quantitative estimate of drug-likeness (QED) is 0.651. The van der Waals surface area contributed by atoms with Crippen molar-refractivity contribution in [1.29, 1.82) is 0 Å². The van der Waals surface area contributed by atoms with Crippen LogP contribution in [0.4, 0.5) is 5.69 Å². The van der Waals surface area contributed by atoms with Gasteiger partial charge in [-0.05, 0) is 54.7 Å². The van der Waals surface area contributed by atoms with Crippen molar-refractivity contribution in [2.45, 2.75) is 19.3 Å². The fourth-order valence-electron chi connectivity index (χ4n) is 3.13. The molecule has 0 bridgehead atoms. The minimum absolute atomic E-state index is 0.201. The highest BCUT2D eigenvalue weighted by Gasteiger charge is 2.17. The molecule has 1 N–H and O–H groups in total. The Morgan fingerprint density at radius 1 is 1.07 bits per heavy atom. The van der Waals surface area contributed by atoms with Gasteiger partial charge in [0, 0.05) is 7.05 Å². The van der Waals surface area contributed by atoms with E-state index in [1.165, 1.54) is 23.1 Å². The van der Waals surface area contributed by atoms with Crippen LogP contribution in [0.3, 0.4) is 0 Å². The van der Waals surface area contributed by atoms with E-state index in [2.05, 4.69) is 5.32 Å². The number of halogens is 1. The first-order valence-corrected chi connectivity index (χ1v) is 9.99. The molecule has 3 rings (SSSR count). The van der Waals surface area contributed by atoms with Crippen LogP contribution in [0.5, 0.6) is 5.75 Å². The van der Waals surface area contributed by atoms with Gasteiger partial charge in [-0.2, -0.15) is 0 Å². The summed E-state index contributed by atoms with van der Waals surface area (Å²) >= 11 is 5.99. The summed E-state index contributed by atoms with van der Waals surface area (Å²) < 4.78 is 10.4. The van der Waals surface area contributed by atoms with Crippen molar-refractivity contribution >= 4 is 35.1 Å². The molecule has 0 fully saturated rings. The van der Waals surface area contributed by atoms with E-state index < -0.39 is 24.4 Å². The fraction of sp³-hybridized carbons (Fsp3) is 0.318. The van der Waals surface area contributed by atoms with Crippen molar-refractivity contribution < 1.29 is 23.9 Å². The number of esters is 1. The number of hydrogen-bond acceptors (Lipinski definition) is 5. The Morgan fingerprint density at radius 3 is 2.63 bits per heavy atom. The number of ether oxygens (including phenoxy) is 2. The topological polar surface area (TPSA) is 84.9 Å². The maximum absolute atomic E-state index is 12.1. The highest BCUT2D eigenvalue weighted by Crippen LogP contribution is 2.26. The van der Waals surface area contributed by atoms with Gasteiger partial charge in [0.05, 0.1) is 17.3 Å². The molecule has 8 heteroatoms. The second-order valence-electron chi connectivity index (χ2n) is 7.01. The summed E-state index contributed by atoms with van der Waals surface area (Å²) in [5.41, 5.74) is 3.02. The highest BCUT2D eigenvalue weighted by atomic mass is 35.5. The van der Waals surface area contributed by atoms with Crippen LogP contribution in [-0.4, -0.2) is 49.5 Å². The zero-order chi connectivity index (χ0) is 21.5. The molecule has 2 amide bonds. The Labute approximate surface area is 179 Å². The zero-order valence-corrected chi connectivity index (χ0v) is 17.4. The maximum Gasteiger partial charge on any atom is 0.344 e. The van der Waals surface area contributed by atoms with Crippen molar-refractivity contribution in [3.05, 3.63) is 58.6 Å². The molecule has 158 valence electrons. The minimum atomic E-state index is -0.655. The third-order valence-electron chi connectivity index (χ3n) is 4.74. The van der Waals surface area contributed by atoms with Crippen LogP contribution in [0.1, 0.15) is 17.5 Å². The molecule has 0 unspecified atom stereocenters. The predicted molar refractivity (Wildman–Crippen MR) is 113 cm³/mol. The van der Waals surface area contributed by atoms with Gasteiger partial charge in [-0.15, -0.1) is 0 Å². The average molecular weight is 431 g/mol. The van der Waals surface area contributed by atoms with E-state index in [1.807, 2.05) is 18.2 Å². The minimum Gasteiger partial charge on any atom is -0.482 e. The van der Waals surface area contributed by atoms with Gasteiger partial charge in [0.1, 0.15) is 5.75 Å². The zero-order valence-electron chi connectivity index (χ0n) is 16.7. The smallest absolute Gasteiger partial charge is 0.344 e. The number of para-hydroxylation sites is 1. The number of carbonyl (C=O) groups is 3. The number of hydrogen-bond donors (Lipinski definition) is 1. The number of aryl methyl sites for hydroxylation is 2. The number of anilines is 1. The molecular weight excluding hydrogens is 408 g/mol. The molecule has 0 saturated heterocycles. The lowest BCUT2D eigenvalue weighted by molar-refractivity contribution is -0.153. The monoisotopic (exact) mass is 430 g/mol. The standard InChI is InChI=1S/C22H23ClN2O5/c1-25(12-20(26)24-19-8-3-2-7-18(19)23)21(27)13-30-22(28)14-29-17-10-9-15-5-4-6-16(15)11-17/h2-3,7-11H,4-6,12-14H2,1H3,(H,24,26). The molecule has 0 spiro atoms. The second kappa shape index (κ2) is 10.1. The van der Waals surface area contributed by atoms with Gasteiger partial charge in [0.2, 0.25) is 5.91 Å². The van der Waals surface area contributed by atoms with Crippen LogP contribution < -0.4 is 10.1 Å². The van der Waals surface area contributed by atoms with Crippen LogP contribution in [0.25, 0.3) is 0 Å². The summed E-state index contributed by atoms with van der Waals surface area (Å²) in [6.45, 7) is -0.960. The van der Waals surface area contributed by atoms with Gasteiger partial charge < -0.3 is 19.7 Å². The number of rotatable bonds is 8. The van der Waals surface area contributed by atoms with E-state index in [1.54, 1.807) is 24.3 Å². The molecule has 2 aromatic carbocycles. The van der Waals surface area contributed by atoms with E-state index in [0.29, 0.717) is 16.5 Å². The first kappa shape index (κ1) is 21.6. The van der Waals surface area contributed by atoms with Crippen molar-refractivity contribution in [1.82, 2.24) is 4.90 Å². The molecule has 2 aromatic rings. The summed E-state index contributed by atoms with van der Waals surface area (Å²) in [4.78, 5) is 37.2. The largest absolute Gasteiger partial charge is 0.482 e. The summed E-state index contributed by atoms with van der Waals surface area (Å²) in [6, 6.07) is 12.6. The molecule has 0 radical (unpaired) electrons. The van der Waals surface area contributed by atoms with Crippen molar-refractivity contribution in [3.63, 3.8) is 0 Å². The number of benzene rings is 2. The van der Waals surface area contributed by atoms with E-state index >= 15 is 0 Å². The van der Waals surface area contributed by atoms with Crippen LogP contribution in [-0.2, 0) is 32.0 Å². The van der Waals surface area contributed by atoms with Crippen LogP contribution in [0, 0.1) is 0 Å². The van der Waals surface area contributed by atoms with Gasteiger partial charge in [-0.3, -0.25) is 9.59 Å². The highest BCUT2D eigenvalue weighted by molar-refractivity contribution is 6.33. The summed E-state index contributed by atoms with van der Waals surface area (Å²) in [5.74, 6) is -0.967. The Morgan fingerprint density at radius 2 is 1.83 bits per heavy atom. The second-order valence-corrected chi connectivity index (χ2v) is 7.42. The Balaban J connectivity index is 1.38. The van der Waals surface area contributed by atoms with E-state index in [4.69, 9.17) is 21.1 Å².